The minimum Gasteiger partial charge on any atom is -0.493 e. The molecule has 1 aromatic carbocycles. The monoisotopic (exact) mass is 333 g/mol. The second-order valence-corrected chi connectivity index (χ2v) is 5.62. The molecule has 0 saturated carbocycles. The average molecular weight is 333 g/mol. The second kappa shape index (κ2) is 6.20. The minimum absolute atomic E-state index is 0.0959. The molecule has 0 radical (unpaired) electrons. The first-order valence-electron chi connectivity index (χ1n) is 7.76. The Balaban J connectivity index is 1.80. The molecular formula is C18H15N5O2. The summed E-state index contributed by atoms with van der Waals surface area (Å²) in [4.78, 5) is 8.21. The Labute approximate surface area is 143 Å². The molecule has 0 fully saturated rings. The highest BCUT2D eigenvalue weighted by molar-refractivity contribution is 5.62. The number of benzene rings is 1. The number of nitrogens with zero attached hydrogens (tertiary/aromatic N) is 5. The van der Waals surface area contributed by atoms with Gasteiger partial charge in [0.25, 0.3) is 0 Å². The fraction of sp³-hybridized carbons (Fsp3) is 0.111. The highest BCUT2D eigenvalue weighted by Gasteiger charge is 2.16. The van der Waals surface area contributed by atoms with Crippen molar-refractivity contribution in [2.24, 2.45) is 0 Å². The first kappa shape index (κ1) is 15.1. The van der Waals surface area contributed by atoms with Crippen molar-refractivity contribution < 1.29 is 9.63 Å². The van der Waals surface area contributed by atoms with Crippen LogP contribution < -0.4 is 0 Å². The van der Waals surface area contributed by atoms with Crippen LogP contribution in [0.4, 0.5) is 0 Å². The number of aromatic nitrogens is 5. The van der Waals surface area contributed by atoms with Crippen LogP contribution in [0.5, 0.6) is 5.88 Å². The van der Waals surface area contributed by atoms with E-state index in [1.807, 2.05) is 22.9 Å². The van der Waals surface area contributed by atoms with E-state index in [-0.39, 0.29) is 5.88 Å². The van der Waals surface area contributed by atoms with Gasteiger partial charge in [-0.2, -0.15) is 10.1 Å². The molecule has 124 valence electrons. The van der Waals surface area contributed by atoms with E-state index >= 15 is 0 Å². The first-order valence-corrected chi connectivity index (χ1v) is 7.76. The van der Waals surface area contributed by atoms with Gasteiger partial charge in [0.15, 0.2) is 5.82 Å². The fourth-order valence-corrected chi connectivity index (χ4v) is 2.62. The largest absolute Gasteiger partial charge is 0.493 e. The Bertz CT molecular complexity index is 1010. The topological polar surface area (TPSA) is 89.9 Å². The number of aromatic hydroxyl groups is 1. The van der Waals surface area contributed by atoms with Crippen molar-refractivity contribution in [3.05, 3.63) is 66.1 Å². The smallest absolute Gasteiger partial charge is 0.214 e. The zero-order valence-corrected chi connectivity index (χ0v) is 13.5. The fourth-order valence-electron chi connectivity index (χ4n) is 2.62. The highest BCUT2D eigenvalue weighted by Crippen LogP contribution is 2.25. The van der Waals surface area contributed by atoms with E-state index in [9.17, 15) is 5.11 Å². The summed E-state index contributed by atoms with van der Waals surface area (Å²) in [5.41, 5.74) is 4.35. The molecule has 3 heterocycles. The third kappa shape index (κ3) is 2.99. The standard InChI is InChI=1S/C18H15N5O2/c1-12-4-2-3-5-13(12)11-23-16(14-7-9-25-22-14)10-15(21-23)18-19-8-6-17(24)20-18/h2-10H,11H2,1H3,(H,19,20,24). The van der Waals surface area contributed by atoms with Gasteiger partial charge in [-0.3, -0.25) is 4.68 Å². The Hall–Kier alpha value is -3.48. The van der Waals surface area contributed by atoms with Crippen LogP contribution in [-0.2, 0) is 6.54 Å². The number of hydrogen-bond acceptors (Lipinski definition) is 6. The van der Waals surface area contributed by atoms with Gasteiger partial charge in [0.1, 0.15) is 17.7 Å². The first-order chi connectivity index (χ1) is 12.2. The van der Waals surface area contributed by atoms with E-state index < -0.39 is 0 Å². The summed E-state index contributed by atoms with van der Waals surface area (Å²) < 4.78 is 6.81. The molecule has 25 heavy (non-hydrogen) atoms. The van der Waals surface area contributed by atoms with Crippen LogP contribution >= 0.6 is 0 Å². The molecule has 1 N–H and O–H groups in total. The quantitative estimate of drug-likeness (QED) is 0.617. The van der Waals surface area contributed by atoms with Crippen LogP contribution in [0.3, 0.4) is 0 Å². The molecule has 0 aliphatic rings. The van der Waals surface area contributed by atoms with Crippen LogP contribution in [0.2, 0.25) is 0 Å². The normalized spacial score (nSPS) is 10.9. The van der Waals surface area contributed by atoms with E-state index in [0.717, 1.165) is 11.3 Å². The van der Waals surface area contributed by atoms with E-state index in [4.69, 9.17) is 4.52 Å². The zero-order valence-electron chi connectivity index (χ0n) is 13.5. The molecule has 0 unspecified atom stereocenters. The average Bonchev–Trinajstić information content (AvgIpc) is 3.26. The van der Waals surface area contributed by atoms with Crippen molar-refractivity contribution in [2.45, 2.75) is 13.5 Å². The van der Waals surface area contributed by atoms with Crippen molar-refractivity contribution in [1.82, 2.24) is 24.9 Å². The summed E-state index contributed by atoms with van der Waals surface area (Å²) in [5.74, 6) is 0.259. The maximum atomic E-state index is 9.59. The Kier molecular flexibility index (Phi) is 3.74. The van der Waals surface area contributed by atoms with Gasteiger partial charge >= 0.3 is 0 Å². The summed E-state index contributed by atoms with van der Waals surface area (Å²) >= 11 is 0. The summed E-state index contributed by atoms with van der Waals surface area (Å²) in [7, 11) is 0. The maximum Gasteiger partial charge on any atom is 0.214 e. The lowest BCUT2D eigenvalue weighted by Gasteiger charge is -2.08. The van der Waals surface area contributed by atoms with Crippen molar-refractivity contribution in [3.8, 4) is 28.8 Å². The SMILES string of the molecule is Cc1ccccc1Cn1nc(-c2nccc(O)n2)cc1-c1ccon1. The van der Waals surface area contributed by atoms with E-state index in [1.54, 1.807) is 6.07 Å². The molecule has 0 aliphatic heterocycles. The van der Waals surface area contributed by atoms with Gasteiger partial charge in [-0.05, 0) is 24.1 Å². The maximum absolute atomic E-state index is 9.59. The number of rotatable bonds is 4. The molecule has 0 bridgehead atoms. The van der Waals surface area contributed by atoms with E-state index in [2.05, 4.69) is 39.3 Å². The zero-order chi connectivity index (χ0) is 17.2. The molecule has 0 atom stereocenters. The Morgan fingerprint density at radius 1 is 1.12 bits per heavy atom. The molecule has 7 heteroatoms. The molecule has 7 nitrogen and oxygen atoms in total. The summed E-state index contributed by atoms with van der Waals surface area (Å²) in [6.07, 6.45) is 3.01. The van der Waals surface area contributed by atoms with Crippen molar-refractivity contribution in [1.29, 1.82) is 0 Å². The van der Waals surface area contributed by atoms with E-state index in [1.165, 1.54) is 24.1 Å². The predicted molar refractivity (Wildman–Crippen MR) is 90.7 cm³/mol. The number of aryl methyl sites for hydroxylation is 1. The molecule has 0 saturated heterocycles. The van der Waals surface area contributed by atoms with Crippen molar-refractivity contribution >= 4 is 0 Å². The van der Waals surface area contributed by atoms with Crippen LogP contribution in [-0.4, -0.2) is 30.0 Å². The molecule has 3 aromatic heterocycles. The molecular weight excluding hydrogens is 318 g/mol. The molecule has 0 spiro atoms. The highest BCUT2D eigenvalue weighted by atomic mass is 16.5. The van der Waals surface area contributed by atoms with Gasteiger partial charge in [-0.15, -0.1) is 0 Å². The van der Waals surface area contributed by atoms with Gasteiger partial charge in [0, 0.05) is 18.3 Å². The van der Waals surface area contributed by atoms with Gasteiger partial charge in [-0.1, -0.05) is 29.4 Å². The van der Waals surface area contributed by atoms with Gasteiger partial charge < -0.3 is 9.63 Å². The lowest BCUT2D eigenvalue weighted by molar-refractivity contribution is 0.421. The van der Waals surface area contributed by atoms with Crippen LogP contribution in [0, 0.1) is 6.92 Å². The molecule has 0 aliphatic carbocycles. The lowest BCUT2D eigenvalue weighted by Crippen LogP contribution is -2.05. The Morgan fingerprint density at radius 2 is 2.00 bits per heavy atom. The lowest BCUT2D eigenvalue weighted by atomic mass is 10.1. The molecule has 0 amide bonds. The number of hydrogen-bond donors (Lipinski definition) is 1. The van der Waals surface area contributed by atoms with Gasteiger partial charge in [0.2, 0.25) is 5.88 Å². The van der Waals surface area contributed by atoms with Crippen LogP contribution in [0.1, 0.15) is 11.1 Å². The van der Waals surface area contributed by atoms with Crippen LogP contribution in [0.25, 0.3) is 22.9 Å². The van der Waals surface area contributed by atoms with Gasteiger partial charge in [-0.25, -0.2) is 4.98 Å². The van der Waals surface area contributed by atoms with Gasteiger partial charge in [0.05, 0.1) is 12.2 Å². The molecule has 4 rings (SSSR count). The Morgan fingerprint density at radius 3 is 2.76 bits per heavy atom. The van der Waals surface area contributed by atoms with Crippen molar-refractivity contribution in [3.63, 3.8) is 0 Å². The third-order valence-corrected chi connectivity index (χ3v) is 3.93. The second-order valence-electron chi connectivity index (χ2n) is 5.62. The van der Waals surface area contributed by atoms with Crippen LogP contribution in [0.15, 0.2) is 59.4 Å². The molecule has 4 aromatic rings. The van der Waals surface area contributed by atoms with E-state index in [0.29, 0.717) is 23.8 Å². The van der Waals surface area contributed by atoms with Crippen molar-refractivity contribution in [2.75, 3.05) is 0 Å². The summed E-state index contributed by atoms with van der Waals surface area (Å²) in [6, 6.07) is 13.2. The predicted octanol–water partition coefficient (Wildman–Crippen LogP) is 3.06. The summed E-state index contributed by atoms with van der Waals surface area (Å²) in [5, 5.41) is 18.2. The summed E-state index contributed by atoms with van der Waals surface area (Å²) in [6.45, 7) is 2.64. The third-order valence-electron chi connectivity index (χ3n) is 3.93. The minimum atomic E-state index is -0.0959.